The largest absolute Gasteiger partial charge is 0.481 e. The molecule has 2 fully saturated rings. The van der Waals surface area contributed by atoms with Crippen LogP contribution in [0.1, 0.15) is 35.8 Å². The van der Waals surface area contributed by atoms with Crippen LogP contribution < -0.4 is 5.32 Å². The Morgan fingerprint density at radius 2 is 2.18 bits per heavy atom. The molecule has 0 aromatic heterocycles. The van der Waals surface area contributed by atoms with E-state index in [9.17, 15) is 4.79 Å². The number of carboxylic acid groups (broad SMARTS) is 1. The van der Waals surface area contributed by atoms with Crippen LogP contribution in [-0.4, -0.2) is 24.2 Å². The molecule has 3 nitrogen and oxygen atoms in total. The molecule has 0 amide bonds. The van der Waals surface area contributed by atoms with Gasteiger partial charge in [0.15, 0.2) is 0 Å². The van der Waals surface area contributed by atoms with E-state index in [0.717, 1.165) is 19.5 Å². The van der Waals surface area contributed by atoms with Crippen molar-refractivity contribution in [2.75, 3.05) is 13.1 Å². The molecule has 1 aliphatic carbocycles. The SMILES string of the molecule is O=C(O)C1CC1c1cccc(C2CCNC2)c1. The van der Waals surface area contributed by atoms with Gasteiger partial charge in [-0.2, -0.15) is 0 Å². The van der Waals surface area contributed by atoms with Crippen LogP contribution in [0.25, 0.3) is 0 Å². The van der Waals surface area contributed by atoms with Gasteiger partial charge in [0, 0.05) is 6.54 Å². The third-order valence-electron chi connectivity index (χ3n) is 3.98. The molecule has 3 atom stereocenters. The van der Waals surface area contributed by atoms with Crippen molar-refractivity contribution in [2.45, 2.75) is 24.7 Å². The first kappa shape index (κ1) is 10.8. The molecule has 1 aromatic carbocycles. The molecule has 3 rings (SSSR count). The molecular formula is C14H17NO2. The van der Waals surface area contributed by atoms with Gasteiger partial charge in [0.05, 0.1) is 5.92 Å². The summed E-state index contributed by atoms with van der Waals surface area (Å²) >= 11 is 0. The molecule has 17 heavy (non-hydrogen) atoms. The highest BCUT2D eigenvalue weighted by Crippen LogP contribution is 2.48. The Morgan fingerprint density at radius 3 is 2.82 bits per heavy atom. The predicted octanol–water partition coefficient (Wildman–Crippen LogP) is 1.95. The summed E-state index contributed by atoms with van der Waals surface area (Å²) in [5, 5.41) is 12.3. The van der Waals surface area contributed by atoms with Gasteiger partial charge in [0.25, 0.3) is 0 Å². The Labute approximate surface area is 101 Å². The molecule has 2 N–H and O–H groups in total. The summed E-state index contributed by atoms with van der Waals surface area (Å²) in [6.45, 7) is 2.15. The third kappa shape index (κ3) is 2.07. The van der Waals surface area contributed by atoms with Crippen LogP contribution in [0.5, 0.6) is 0 Å². The summed E-state index contributed by atoms with van der Waals surface area (Å²) in [5.41, 5.74) is 2.57. The van der Waals surface area contributed by atoms with Crippen LogP contribution in [0.2, 0.25) is 0 Å². The first-order valence-electron chi connectivity index (χ1n) is 6.29. The zero-order valence-corrected chi connectivity index (χ0v) is 9.73. The Balaban J connectivity index is 1.78. The standard InChI is InChI=1S/C14H17NO2/c16-14(17)13-7-12(13)10-3-1-2-9(6-10)11-4-5-15-8-11/h1-3,6,11-13,15H,4-5,7-8H2,(H,16,17). The summed E-state index contributed by atoms with van der Waals surface area (Å²) in [7, 11) is 0. The predicted molar refractivity (Wildman–Crippen MR) is 65.2 cm³/mol. The smallest absolute Gasteiger partial charge is 0.307 e. The number of carbonyl (C=O) groups is 1. The molecule has 90 valence electrons. The van der Waals surface area contributed by atoms with Crippen LogP contribution in [0, 0.1) is 5.92 Å². The fourth-order valence-corrected chi connectivity index (χ4v) is 2.82. The molecular weight excluding hydrogens is 214 g/mol. The van der Waals surface area contributed by atoms with E-state index in [4.69, 9.17) is 5.11 Å². The quantitative estimate of drug-likeness (QED) is 0.836. The van der Waals surface area contributed by atoms with Crippen molar-refractivity contribution in [3.63, 3.8) is 0 Å². The first-order valence-corrected chi connectivity index (χ1v) is 6.29. The number of rotatable bonds is 3. The van der Waals surface area contributed by atoms with Crippen LogP contribution >= 0.6 is 0 Å². The Morgan fingerprint density at radius 1 is 1.35 bits per heavy atom. The fourth-order valence-electron chi connectivity index (χ4n) is 2.82. The minimum Gasteiger partial charge on any atom is -0.481 e. The monoisotopic (exact) mass is 231 g/mol. The van der Waals surface area contributed by atoms with Gasteiger partial charge in [-0.25, -0.2) is 0 Å². The second kappa shape index (κ2) is 4.15. The van der Waals surface area contributed by atoms with E-state index in [2.05, 4.69) is 29.6 Å². The van der Waals surface area contributed by atoms with E-state index >= 15 is 0 Å². The Hall–Kier alpha value is -1.35. The second-order valence-corrected chi connectivity index (χ2v) is 5.15. The minimum absolute atomic E-state index is 0.146. The van der Waals surface area contributed by atoms with Gasteiger partial charge in [-0.15, -0.1) is 0 Å². The van der Waals surface area contributed by atoms with Crippen LogP contribution in [0.15, 0.2) is 24.3 Å². The summed E-state index contributed by atoms with van der Waals surface area (Å²) < 4.78 is 0. The lowest BCUT2D eigenvalue weighted by Crippen LogP contribution is -2.08. The van der Waals surface area contributed by atoms with E-state index < -0.39 is 5.97 Å². The van der Waals surface area contributed by atoms with Gasteiger partial charge < -0.3 is 10.4 Å². The van der Waals surface area contributed by atoms with Crippen LogP contribution in [0.4, 0.5) is 0 Å². The van der Waals surface area contributed by atoms with Crippen LogP contribution in [0.3, 0.4) is 0 Å². The molecule has 3 heteroatoms. The maximum atomic E-state index is 10.9. The fraction of sp³-hybridized carbons (Fsp3) is 0.500. The zero-order valence-electron chi connectivity index (χ0n) is 9.73. The van der Waals surface area contributed by atoms with E-state index in [1.54, 1.807) is 0 Å². The van der Waals surface area contributed by atoms with Gasteiger partial charge in [-0.05, 0) is 42.3 Å². The molecule has 0 radical (unpaired) electrons. The number of carboxylic acids is 1. The van der Waals surface area contributed by atoms with Gasteiger partial charge >= 0.3 is 5.97 Å². The molecule has 0 spiro atoms. The Bertz CT molecular complexity index is 438. The highest BCUT2D eigenvalue weighted by molar-refractivity contribution is 5.75. The first-order chi connectivity index (χ1) is 8.25. The topological polar surface area (TPSA) is 49.3 Å². The average Bonchev–Trinajstić information content (AvgIpc) is 2.96. The van der Waals surface area contributed by atoms with Crippen molar-refractivity contribution in [1.29, 1.82) is 0 Å². The number of benzene rings is 1. The average molecular weight is 231 g/mol. The molecule has 1 aliphatic heterocycles. The van der Waals surface area contributed by atoms with E-state index in [1.807, 2.05) is 0 Å². The molecule has 1 saturated carbocycles. The number of aliphatic carboxylic acids is 1. The van der Waals surface area contributed by atoms with Crippen LogP contribution in [-0.2, 0) is 4.79 Å². The minimum atomic E-state index is -0.650. The molecule has 0 bridgehead atoms. The van der Waals surface area contributed by atoms with Gasteiger partial charge in [0.1, 0.15) is 0 Å². The van der Waals surface area contributed by atoms with E-state index in [-0.39, 0.29) is 11.8 Å². The lowest BCUT2D eigenvalue weighted by atomic mass is 9.95. The van der Waals surface area contributed by atoms with Gasteiger partial charge in [0.2, 0.25) is 0 Å². The van der Waals surface area contributed by atoms with Gasteiger partial charge in [-0.3, -0.25) is 4.79 Å². The molecule has 1 heterocycles. The summed E-state index contributed by atoms with van der Waals surface area (Å²) in [4.78, 5) is 10.9. The zero-order chi connectivity index (χ0) is 11.8. The van der Waals surface area contributed by atoms with Crippen molar-refractivity contribution < 1.29 is 9.90 Å². The van der Waals surface area contributed by atoms with E-state index in [0.29, 0.717) is 5.92 Å². The van der Waals surface area contributed by atoms with Crippen molar-refractivity contribution in [1.82, 2.24) is 5.32 Å². The van der Waals surface area contributed by atoms with Gasteiger partial charge in [-0.1, -0.05) is 24.3 Å². The third-order valence-corrected chi connectivity index (χ3v) is 3.98. The number of nitrogens with one attached hydrogen (secondary N) is 1. The molecule has 2 aliphatic rings. The van der Waals surface area contributed by atoms with E-state index in [1.165, 1.54) is 17.5 Å². The summed E-state index contributed by atoms with van der Waals surface area (Å²) in [6.07, 6.45) is 2.00. The maximum absolute atomic E-state index is 10.9. The molecule has 3 unspecified atom stereocenters. The summed E-state index contributed by atoms with van der Waals surface area (Å²) in [6, 6.07) is 8.52. The van der Waals surface area contributed by atoms with Crippen molar-refractivity contribution in [2.24, 2.45) is 5.92 Å². The lowest BCUT2D eigenvalue weighted by molar-refractivity contribution is -0.138. The summed E-state index contributed by atoms with van der Waals surface area (Å²) in [5.74, 6) is 0.0636. The Kier molecular flexibility index (Phi) is 2.63. The normalized spacial score (nSPS) is 31.4. The van der Waals surface area contributed by atoms with Crippen molar-refractivity contribution in [3.8, 4) is 0 Å². The lowest BCUT2D eigenvalue weighted by Gasteiger charge is -2.10. The second-order valence-electron chi connectivity index (χ2n) is 5.15. The number of hydrogen-bond donors (Lipinski definition) is 2. The molecule has 1 saturated heterocycles. The number of hydrogen-bond acceptors (Lipinski definition) is 2. The van der Waals surface area contributed by atoms with Crippen molar-refractivity contribution >= 4 is 5.97 Å². The highest BCUT2D eigenvalue weighted by Gasteiger charge is 2.44. The highest BCUT2D eigenvalue weighted by atomic mass is 16.4. The maximum Gasteiger partial charge on any atom is 0.307 e. The molecule has 1 aromatic rings. The van der Waals surface area contributed by atoms with Crippen molar-refractivity contribution in [3.05, 3.63) is 35.4 Å².